The predicted octanol–water partition coefficient (Wildman–Crippen LogP) is 1.94. The van der Waals surface area contributed by atoms with Gasteiger partial charge in [0.15, 0.2) is 0 Å². The minimum atomic E-state index is -0.0340. The van der Waals surface area contributed by atoms with Crippen LogP contribution in [-0.4, -0.2) is 29.0 Å². The number of aryl methyl sites for hydroxylation is 1. The summed E-state index contributed by atoms with van der Waals surface area (Å²) in [5.74, 6) is 0. The molecule has 0 aliphatic heterocycles. The van der Waals surface area contributed by atoms with E-state index in [0.29, 0.717) is 19.6 Å². The van der Waals surface area contributed by atoms with Crippen molar-refractivity contribution in [3.8, 4) is 0 Å². The standard InChI is InChI=1S/C12H19N3O/c1-4-13-12(16)15(5-2)9-11-8-6-7-10(3)14-11/h6-8H,4-5,9H2,1-3H3,(H,13,16). The van der Waals surface area contributed by atoms with Gasteiger partial charge in [-0.2, -0.15) is 0 Å². The van der Waals surface area contributed by atoms with Crippen LogP contribution in [0.25, 0.3) is 0 Å². The molecule has 1 rings (SSSR count). The summed E-state index contributed by atoms with van der Waals surface area (Å²) in [4.78, 5) is 17.8. The molecule has 0 aromatic carbocycles. The Morgan fingerprint density at radius 2 is 2.19 bits per heavy atom. The molecule has 88 valence electrons. The zero-order valence-electron chi connectivity index (χ0n) is 10.2. The van der Waals surface area contributed by atoms with E-state index in [9.17, 15) is 4.79 Å². The maximum atomic E-state index is 11.7. The topological polar surface area (TPSA) is 45.2 Å². The molecule has 1 N–H and O–H groups in total. The fraction of sp³-hybridized carbons (Fsp3) is 0.500. The van der Waals surface area contributed by atoms with Gasteiger partial charge in [-0.05, 0) is 32.9 Å². The Kier molecular flexibility index (Phi) is 4.76. The van der Waals surface area contributed by atoms with Crippen LogP contribution in [0.3, 0.4) is 0 Å². The first-order valence-electron chi connectivity index (χ1n) is 5.62. The normalized spacial score (nSPS) is 9.94. The van der Waals surface area contributed by atoms with Gasteiger partial charge < -0.3 is 10.2 Å². The molecular formula is C12H19N3O. The predicted molar refractivity (Wildman–Crippen MR) is 64.1 cm³/mol. The van der Waals surface area contributed by atoms with Crippen LogP contribution in [0.2, 0.25) is 0 Å². The number of urea groups is 1. The molecule has 1 aromatic rings. The average molecular weight is 221 g/mol. The quantitative estimate of drug-likeness (QED) is 0.844. The lowest BCUT2D eigenvalue weighted by Crippen LogP contribution is -2.39. The zero-order valence-corrected chi connectivity index (χ0v) is 10.2. The number of hydrogen-bond donors (Lipinski definition) is 1. The Hall–Kier alpha value is -1.58. The van der Waals surface area contributed by atoms with Gasteiger partial charge in [-0.1, -0.05) is 6.07 Å². The van der Waals surface area contributed by atoms with Crippen LogP contribution in [0.1, 0.15) is 25.2 Å². The van der Waals surface area contributed by atoms with Crippen molar-refractivity contribution in [1.29, 1.82) is 0 Å². The van der Waals surface area contributed by atoms with Crippen molar-refractivity contribution in [3.05, 3.63) is 29.6 Å². The first-order chi connectivity index (χ1) is 7.67. The second-order valence-electron chi connectivity index (χ2n) is 3.62. The highest BCUT2D eigenvalue weighted by Gasteiger charge is 2.11. The molecule has 0 saturated heterocycles. The van der Waals surface area contributed by atoms with Gasteiger partial charge in [0, 0.05) is 18.8 Å². The minimum absolute atomic E-state index is 0.0340. The van der Waals surface area contributed by atoms with Gasteiger partial charge in [0.05, 0.1) is 12.2 Å². The Morgan fingerprint density at radius 3 is 2.75 bits per heavy atom. The van der Waals surface area contributed by atoms with Crippen molar-refractivity contribution >= 4 is 6.03 Å². The average Bonchev–Trinajstić information content (AvgIpc) is 2.26. The lowest BCUT2D eigenvalue weighted by atomic mass is 10.3. The lowest BCUT2D eigenvalue weighted by Gasteiger charge is -2.20. The number of nitrogens with zero attached hydrogens (tertiary/aromatic N) is 2. The molecular weight excluding hydrogens is 202 g/mol. The van der Waals surface area contributed by atoms with Gasteiger partial charge in [-0.15, -0.1) is 0 Å². The third-order valence-electron chi connectivity index (χ3n) is 2.30. The summed E-state index contributed by atoms with van der Waals surface area (Å²) in [6.07, 6.45) is 0. The number of nitrogens with one attached hydrogen (secondary N) is 1. The van der Waals surface area contributed by atoms with E-state index in [-0.39, 0.29) is 6.03 Å². The molecule has 0 spiro atoms. The van der Waals surface area contributed by atoms with Gasteiger partial charge in [0.2, 0.25) is 0 Å². The van der Waals surface area contributed by atoms with E-state index in [1.807, 2.05) is 39.0 Å². The number of carbonyl (C=O) groups is 1. The zero-order chi connectivity index (χ0) is 12.0. The third-order valence-corrected chi connectivity index (χ3v) is 2.30. The van der Waals surface area contributed by atoms with E-state index in [1.54, 1.807) is 4.90 Å². The smallest absolute Gasteiger partial charge is 0.317 e. The van der Waals surface area contributed by atoms with E-state index >= 15 is 0 Å². The van der Waals surface area contributed by atoms with Crippen LogP contribution in [0.5, 0.6) is 0 Å². The van der Waals surface area contributed by atoms with Crippen LogP contribution in [0.4, 0.5) is 4.79 Å². The summed E-state index contributed by atoms with van der Waals surface area (Å²) in [5, 5.41) is 2.79. The highest BCUT2D eigenvalue weighted by molar-refractivity contribution is 5.73. The van der Waals surface area contributed by atoms with Crippen LogP contribution in [0.15, 0.2) is 18.2 Å². The lowest BCUT2D eigenvalue weighted by molar-refractivity contribution is 0.198. The second kappa shape index (κ2) is 6.10. The molecule has 4 heteroatoms. The molecule has 0 unspecified atom stereocenters. The summed E-state index contributed by atoms with van der Waals surface area (Å²) in [6, 6.07) is 5.82. The van der Waals surface area contributed by atoms with Crippen LogP contribution in [-0.2, 0) is 6.54 Å². The maximum absolute atomic E-state index is 11.7. The molecule has 0 aliphatic rings. The fourth-order valence-corrected chi connectivity index (χ4v) is 1.47. The summed E-state index contributed by atoms with van der Waals surface area (Å²) >= 11 is 0. The van der Waals surface area contributed by atoms with Gasteiger partial charge in [0.1, 0.15) is 0 Å². The van der Waals surface area contributed by atoms with E-state index in [0.717, 1.165) is 11.4 Å². The van der Waals surface area contributed by atoms with E-state index in [2.05, 4.69) is 10.3 Å². The molecule has 0 aliphatic carbocycles. The molecule has 2 amide bonds. The van der Waals surface area contributed by atoms with Crippen molar-refractivity contribution in [3.63, 3.8) is 0 Å². The molecule has 1 heterocycles. The van der Waals surface area contributed by atoms with Crippen LogP contribution in [0, 0.1) is 6.92 Å². The molecule has 0 saturated carbocycles. The number of rotatable bonds is 4. The minimum Gasteiger partial charge on any atom is -0.338 e. The highest BCUT2D eigenvalue weighted by Crippen LogP contribution is 2.03. The number of pyridine rings is 1. The summed E-state index contributed by atoms with van der Waals surface area (Å²) in [7, 11) is 0. The number of aromatic nitrogens is 1. The van der Waals surface area contributed by atoms with Gasteiger partial charge in [0.25, 0.3) is 0 Å². The third kappa shape index (κ3) is 3.53. The van der Waals surface area contributed by atoms with Crippen molar-refractivity contribution in [2.24, 2.45) is 0 Å². The number of carbonyl (C=O) groups excluding carboxylic acids is 1. The highest BCUT2D eigenvalue weighted by atomic mass is 16.2. The SMILES string of the molecule is CCNC(=O)N(CC)Cc1cccc(C)n1. The molecule has 0 radical (unpaired) electrons. The molecule has 16 heavy (non-hydrogen) atoms. The Bertz CT molecular complexity index is 352. The maximum Gasteiger partial charge on any atom is 0.317 e. The largest absolute Gasteiger partial charge is 0.338 e. The summed E-state index contributed by atoms with van der Waals surface area (Å²) in [6.45, 7) is 7.72. The number of amides is 2. The number of hydrogen-bond acceptors (Lipinski definition) is 2. The van der Waals surface area contributed by atoms with Crippen molar-refractivity contribution in [2.45, 2.75) is 27.3 Å². The first-order valence-corrected chi connectivity index (χ1v) is 5.62. The van der Waals surface area contributed by atoms with E-state index < -0.39 is 0 Å². The molecule has 0 fully saturated rings. The summed E-state index contributed by atoms with van der Waals surface area (Å²) < 4.78 is 0. The molecule has 0 bridgehead atoms. The molecule has 4 nitrogen and oxygen atoms in total. The van der Waals surface area contributed by atoms with Crippen molar-refractivity contribution < 1.29 is 4.79 Å². The van der Waals surface area contributed by atoms with Crippen molar-refractivity contribution in [1.82, 2.24) is 15.2 Å². The Balaban J connectivity index is 2.66. The van der Waals surface area contributed by atoms with Crippen LogP contribution >= 0.6 is 0 Å². The van der Waals surface area contributed by atoms with Gasteiger partial charge in [-0.3, -0.25) is 4.98 Å². The fourth-order valence-electron chi connectivity index (χ4n) is 1.47. The Labute approximate surface area is 96.7 Å². The second-order valence-corrected chi connectivity index (χ2v) is 3.62. The monoisotopic (exact) mass is 221 g/mol. The Morgan fingerprint density at radius 1 is 1.44 bits per heavy atom. The molecule has 0 atom stereocenters. The molecule has 1 aromatic heterocycles. The first kappa shape index (κ1) is 12.5. The van der Waals surface area contributed by atoms with Gasteiger partial charge in [-0.25, -0.2) is 4.79 Å². The van der Waals surface area contributed by atoms with Gasteiger partial charge >= 0.3 is 6.03 Å². The van der Waals surface area contributed by atoms with Crippen molar-refractivity contribution in [2.75, 3.05) is 13.1 Å². The van der Waals surface area contributed by atoms with E-state index in [4.69, 9.17) is 0 Å². The van der Waals surface area contributed by atoms with E-state index in [1.165, 1.54) is 0 Å². The van der Waals surface area contributed by atoms with Crippen LogP contribution < -0.4 is 5.32 Å². The summed E-state index contributed by atoms with van der Waals surface area (Å²) in [5.41, 5.74) is 1.90.